The molecule has 1 N–H and O–H groups in total. The lowest BCUT2D eigenvalue weighted by Gasteiger charge is -2.24. The minimum Gasteiger partial charge on any atom is -0.337 e. The van der Waals surface area contributed by atoms with Crippen molar-refractivity contribution in [2.75, 3.05) is 13.1 Å². The number of likely N-dealkylation sites (tertiary alicyclic amines) is 1. The van der Waals surface area contributed by atoms with Gasteiger partial charge in [0.2, 0.25) is 0 Å². The highest BCUT2D eigenvalue weighted by atomic mass is 79.9. The molecule has 1 amide bonds. The number of fused-ring (bicyclic) bond motifs is 2. The predicted molar refractivity (Wildman–Crippen MR) is 96.5 cm³/mol. The molecule has 6 heteroatoms. The van der Waals surface area contributed by atoms with Crippen molar-refractivity contribution in [2.24, 2.45) is 0 Å². The van der Waals surface area contributed by atoms with E-state index in [1.54, 1.807) is 6.20 Å². The smallest absolute Gasteiger partial charge is 0.257 e. The highest BCUT2D eigenvalue weighted by Crippen LogP contribution is 2.23. The molecule has 2 unspecified atom stereocenters. The second-order valence-corrected chi connectivity index (χ2v) is 7.63. The van der Waals surface area contributed by atoms with Gasteiger partial charge < -0.3 is 10.2 Å². The number of aromatic nitrogens is 2. The van der Waals surface area contributed by atoms with E-state index in [-0.39, 0.29) is 5.91 Å². The lowest BCUT2D eigenvalue weighted by atomic mass is 10.1. The highest BCUT2D eigenvalue weighted by molar-refractivity contribution is 9.10. The molecule has 3 heterocycles. The molecule has 0 saturated carbocycles. The minimum absolute atomic E-state index is 0.102. The van der Waals surface area contributed by atoms with Crippen LogP contribution in [0.15, 0.2) is 34.9 Å². The Hall–Kier alpha value is -1.66. The first-order valence-corrected chi connectivity index (χ1v) is 9.27. The standard InChI is InChI=1S/C18H21BrN4O/c1-12-17(10-20-23(12)16-6-2-13(19)3-7-16)18(24)22-9-8-14-4-5-15(11-22)21-14/h2-3,6-7,10,14-15,21H,4-5,8-9,11H2,1H3. The van der Waals surface area contributed by atoms with Crippen LogP contribution in [0.3, 0.4) is 0 Å². The molecule has 1 aromatic heterocycles. The van der Waals surface area contributed by atoms with E-state index in [1.807, 2.05) is 40.8 Å². The van der Waals surface area contributed by atoms with Crippen molar-refractivity contribution in [1.29, 1.82) is 0 Å². The first kappa shape index (κ1) is 15.8. The Labute approximate surface area is 150 Å². The lowest BCUT2D eigenvalue weighted by Crippen LogP contribution is -2.39. The summed E-state index contributed by atoms with van der Waals surface area (Å²) in [5.74, 6) is 0.102. The molecule has 2 aromatic rings. The van der Waals surface area contributed by atoms with Crippen LogP contribution in [-0.2, 0) is 0 Å². The van der Waals surface area contributed by atoms with E-state index in [9.17, 15) is 4.79 Å². The van der Waals surface area contributed by atoms with E-state index in [4.69, 9.17) is 0 Å². The van der Waals surface area contributed by atoms with Gasteiger partial charge in [-0.2, -0.15) is 5.10 Å². The van der Waals surface area contributed by atoms with Gasteiger partial charge in [0.1, 0.15) is 0 Å². The van der Waals surface area contributed by atoms with E-state index < -0.39 is 0 Å². The Morgan fingerprint density at radius 1 is 1.21 bits per heavy atom. The maximum atomic E-state index is 13.0. The molecule has 2 fully saturated rings. The summed E-state index contributed by atoms with van der Waals surface area (Å²) < 4.78 is 2.86. The third-order valence-electron chi connectivity index (χ3n) is 5.12. The number of nitrogens with zero attached hydrogens (tertiary/aromatic N) is 3. The fourth-order valence-electron chi connectivity index (χ4n) is 3.76. The van der Waals surface area contributed by atoms with Crippen molar-refractivity contribution >= 4 is 21.8 Å². The van der Waals surface area contributed by atoms with Crippen LogP contribution in [0.1, 0.15) is 35.3 Å². The van der Waals surface area contributed by atoms with Gasteiger partial charge in [0.15, 0.2) is 0 Å². The van der Waals surface area contributed by atoms with Crippen LogP contribution in [0, 0.1) is 6.92 Å². The maximum absolute atomic E-state index is 13.0. The van der Waals surface area contributed by atoms with Crippen molar-refractivity contribution in [3.05, 3.63) is 46.2 Å². The monoisotopic (exact) mass is 388 g/mol. The molecule has 0 radical (unpaired) electrons. The molecule has 2 aliphatic heterocycles. The van der Waals surface area contributed by atoms with Crippen LogP contribution in [0.2, 0.25) is 0 Å². The summed E-state index contributed by atoms with van der Waals surface area (Å²) in [4.78, 5) is 15.0. The quantitative estimate of drug-likeness (QED) is 0.860. The number of hydrogen-bond donors (Lipinski definition) is 1. The van der Waals surface area contributed by atoms with Crippen molar-refractivity contribution in [3.8, 4) is 5.69 Å². The molecular weight excluding hydrogens is 368 g/mol. The lowest BCUT2D eigenvalue weighted by molar-refractivity contribution is 0.0747. The molecule has 2 bridgehead atoms. The summed E-state index contributed by atoms with van der Waals surface area (Å²) in [6.45, 7) is 3.60. The number of carbonyl (C=O) groups excluding carboxylic acids is 1. The zero-order chi connectivity index (χ0) is 16.7. The normalized spacial score (nSPS) is 23.3. The molecule has 0 aliphatic carbocycles. The largest absolute Gasteiger partial charge is 0.337 e. The summed E-state index contributed by atoms with van der Waals surface area (Å²) in [6, 6.07) is 8.98. The average molecular weight is 389 g/mol. The van der Waals surface area contributed by atoms with Gasteiger partial charge in [-0.3, -0.25) is 4.79 Å². The first-order valence-electron chi connectivity index (χ1n) is 8.47. The van der Waals surface area contributed by atoms with Crippen LogP contribution >= 0.6 is 15.9 Å². The fraction of sp³-hybridized carbons (Fsp3) is 0.444. The topological polar surface area (TPSA) is 50.2 Å². The Morgan fingerprint density at radius 3 is 2.75 bits per heavy atom. The summed E-state index contributed by atoms with van der Waals surface area (Å²) in [7, 11) is 0. The van der Waals surface area contributed by atoms with Crippen LogP contribution < -0.4 is 5.32 Å². The van der Waals surface area contributed by atoms with E-state index >= 15 is 0 Å². The number of benzene rings is 1. The van der Waals surface area contributed by atoms with E-state index in [2.05, 4.69) is 26.3 Å². The van der Waals surface area contributed by atoms with Gasteiger partial charge in [-0.05, 0) is 50.5 Å². The minimum atomic E-state index is 0.102. The second kappa shape index (κ2) is 6.33. The molecule has 0 spiro atoms. The number of carbonyl (C=O) groups is 1. The Balaban J connectivity index is 1.58. The Kier molecular flexibility index (Phi) is 4.18. The van der Waals surface area contributed by atoms with Gasteiger partial charge in [0, 0.05) is 29.6 Å². The second-order valence-electron chi connectivity index (χ2n) is 6.71. The van der Waals surface area contributed by atoms with E-state index in [0.717, 1.165) is 35.4 Å². The third kappa shape index (κ3) is 2.89. The van der Waals surface area contributed by atoms with Crippen molar-refractivity contribution < 1.29 is 4.79 Å². The number of halogens is 1. The van der Waals surface area contributed by atoms with Crippen LogP contribution in [0.4, 0.5) is 0 Å². The van der Waals surface area contributed by atoms with Gasteiger partial charge in [0.05, 0.1) is 23.1 Å². The van der Waals surface area contributed by atoms with Gasteiger partial charge in [-0.25, -0.2) is 4.68 Å². The van der Waals surface area contributed by atoms with Crippen molar-refractivity contribution in [2.45, 2.75) is 38.3 Å². The van der Waals surface area contributed by atoms with Gasteiger partial charge in [0.25, 0.3) is 5.91 Å². The maximum Gasteiger partial charge on any atom is 0.257 e. The van der Waals surface area contributed by atoms with Gasteiger partial charge >= 0.3 is 0 Å². The molecule has 24 heavy (non-hydrogen) atoms. The SMILES string of the molecule is Cc1c(C(=O)N2CCC3CCC(C2)N3)cnn1-c1ccc(Br)cc1. The van der Waals surface area contributed by atoms with E-state index in [1.165, 1.54) is 12.8 Å². The molecule has 4 rings (SSSR count). The van der Waals surface area contributed by atoms with Crippen molar-refractivity contribution in [1.82, 2.24) is 20.0 Å². The molecule has 2 atom stereocenters. The van der Waals surface area contributed by atoms with Crippen LogP contribution in [0.5, 0.6) is 0 Å². The third-order valence-corrected chi connectivity index (χ3v) is 5.65. The molecule has 5 nitrogen and oxygen atoms in total. The molecular formula is C18H21BrN4O. The predicted octanol–water partition coefficient (Wildman–Crippen LogP) is 2.91. The zero-order valence-corrected chi connectivity index (χ0v) is 15.3. The average Bonchev–Trinajstić information content (AvgIpc) is 3.10. The number of rotatable bonds is 2. The Bertz CT molecular complexity index is 755. The fourth-order valence-corrected chi connectivity index (χ4v) is 4.02. The van der Waals surface area contributed by atoms with Crippen molar-refractivity contribution in [3.63, 3.8) is 0 Å². The summed E-state index contributed by atoms with van der Waals surface area (Å²) >= 11 is 3.44. The van der Waals surface area contributed by atoms with Crippen LogP contribution in [-0.4, -0.2) is 45.8 Å². The zero-order valence-electron chi connectivity index (χ0n) is 13.7. The molecule has 126 valence electrons. The number of hydrogen-bond acceptors (Lipinski definition) is 3. The summed E-state index contributed by atoms with van der Waals surface area (Å²) in [5.41, 5.74) is 2.56. The van der Waals surface area contributed by atoms with Gasteiger partial charge in [-0.15, -0.1) is 0 Å². The Morgan fingerprint density at radius 2 is 1.96 bits per heavy atom. The number of nitrogens with one attached hydrogen (secondary N) is 1. The molecule has 2 aliphatic rings. The molecule has 2 saturated heterocycles. The molecule has 1 aromatic carbocycles. The highest BCUT2D eigenvalue weighted by Gasteiger charge is 2.32. The number of amides is 1. The van der Waals surface area contributed by atoms with Gasteiger partial charge in [-0.1, -0.05) is 15.9 Å². The van der Waals surface area contributed by atoms with E-state index in [0.29, 0.717) is 17.6 Å². The summed E-state index contributed by atoms with van der Waals surface area (Å²) in [5, 5.41) is 8.06. The first-order chi connectivity index (χ1) is 11.6. The van der Waals surface area contributed by atoms with Crippen LogP contribution in [0.25, 0.3) is 5.69 Å². The summed E-state index contributed by atoms with van der Waals surface area (Å²) in [6.07, 6.45) is 5.16.